The molecule has 2 amide bonds. The van der Waals surface area contributed by atoms with Crippen LogP contribution in [0, 0.1) is 6.92 Å². The fourth-order valence-corrected chi connectivity index (χ4v) is 2.39. The van der Waals surface area contributed by atoms with Crippen LogP contribution in [0.1, 0.15) is 24.0 Å². The number of likely N-dealkylation sites (tertiary alicyclic amines) is 1. The summed E-state index contributed by atoms with van der Waals surface area (Å²) in [5.41, 5.74) is 2.18. The standard InChI is InChI=1S/C15H20N2O3/c1-11-2-4-12(5-3-11)10-17-13(6-7-14(17)19)15(20)16-8-9-18/h2-5,13,18H,6-10H2,1H3,(H,16,20). The zero-order valence-electron chi connectivity index (χ0n) is 11.6. The summed E-state index contributed by atoms with van der Waals surface area (Å²) in [5, 5.41) is 11.4. The number of hydrogen-bond donors (Lipinski definition) is 2. The summed E-state index contributed by atoms with van der Waals surface area (Å²) in [4.78, 5) is 25.5. The molecule has 1 atom stereocenters. The Morgan fingerprint density at radius 1 is 1.40 bits per heavy atom. The lowest BCUT2D eigenvalue weighted by Gasteiger charge is -2.24. The maximum atomic E-state index is 12.0. The van der Waals surface area contributed by atoms with E-state index in [-0.39, 0.29) is 25.0 Å². The summed E-state index contributed by atoms with van der Waals surface area (Å²) in [6, 6.07) is 7.52. The second-order valence-electron chi connectivity index (χ2n) is 5.08. The number of benzene rings is 1. The first-order valence-electron chi connectivity index (χ1n) is 6.85. The lowest BCUT2D eigenvalue weighted by molar-refractivity contribution is -0.135. The molecule has 2 rings (SSSR count). The Labute approximate surface area is 118 Å². The molecule has 1 aliphatic rings. The third-order valence-corrected chi connectivity index (χ3v) is 3.52. The maximum Gasteiger partial charge on any atom is 0.242 e. The minimum absolute atomic E-state index is 0.00900. The van der Waals surface area contributed by atoms with Crippen LogP contribution in [0.15, 0.2) is 24.3 Å². The van der Waals surface area contributed by atoms with E-state index < -0.39 is 6.04 Å². The molecule has 1 unspecified atom stereocenters. The molecule has 0 aliphatic carbocycles. The average Bonchev–Trinajstić information content (AvgIpc) is 2.80. The molecule has 0 spiro atoms. The van der Waals surface area contributed by atoms with Crippen molar-refractivity contribution in [2.24, 2.45) is 0 Å². The molecule has 1 heterocycles. The van der Waals surface area contributed by atoms with E-state index in [1.54, 1.807) is 4.90 Å². The van der Waals surface area contributed by atoms with Gasteiger partial charge in [0, 0.05) is 19.5 Å². The minimum Gasteiger partial charge on any atom is -0.395 e. The van der Waals surface area contributed by atoms with E-state index in [2.05, 4.69) is 5.32 Å². The van der Waals surface area contributed by atoms with Gasteiger partial charge in [-0.2, -0.15) is 0 Å². The highest BCUT2D eigenvalue weighted by Crippen LogP contribution is 2.21. The summed E-state index contributed by atoms with van der Waals surface area (Å²) in [7, 11) is 0. The van der Waals surface area contributed by atoms with Gasteiger partial charge in [0.05, 0.1) is 6.61 Å². The van der Waals surface area contributed by atoms with Crippen LogP contribution in [-0.2, 0) is 16.1 Å². The molecule has 5 nitrogen and oxygen atoms in total. The van der Waals surface area contributed by atoms with Crippen LogP contribution in [0.4, 0.5) is 0 Å². The number of carbonyl (C=O) groups excluding carboxylic acids is 2. The summed E-state index contributed by atoms with van der Waals surface area (Å²) in [5.74, 6) is -0.174. The number of nitrogens with zero attached hydrogens (tertiary/aromatic N) is 1. The molecule has 0 bridgehead atoms. The molecule has 20 heavy (non-hydrogen) atoms. The van der Waals surface area contributed by atoms with Gasteiger partial charge in [0.1, 0.15) is 6.04 Å². The van der Waals surface area contributed by atoms with Crippen molar-refractivity contribution in [3.8, 4) is 0 Å². The van der Waals surface area contributed by atoms with Crippen LogP contribution in [0.25, 0.3) is 0 Å². The van der Waals surface area contributed by atoms with Crippen LogP contribution in [-0.4, -0.2) is 41.0 Å². The molecular weight excluding hydrogens is 256 g/mol. The molecule has 1 saturated heterocycles. The largest absolute Gasteiger partial charge is 0.395 e. The number of aliphatic hydroxyl groups is 1. The smallest absolute Gasteiger partial charge is 0.242 e. The topological polar surface area (TPSA) is 69.6 Å². The Morgan fingerprint density at radius 2 is 2.10 bits per heavy atom. The molecule has 1 aliphatic heterocycles. The first kappa shape index (κ1) is 14.5. The Balaban J connectivity index is 2.04. The Hall–Kier alpha value is -1.88. The normalized spacial score (nSPS) is 18.4. The van der Waals surface area contributed by atoms with Gasteiger partial charge in [-0.15, -0.1) is 0 Å². The van der Waals surface area contributed by atoms with E-state index >= 15 is 0 Å². The highest BCUT2D eigenvalue weighted by atomic mass is 16.3. The van der Waals surface area contributed by atoms with Gasteiger partial charge in [-0.25, -0.2) is 0 Å². The van der Waals surface area contributed by atoms with E-state index in [0.29, 0.717) is 19.4 Å². The number of nitrogens with one attached hydrogen (secondary N) is 1. The molecule has 0 radical (unpaired) electrons. The fraction of sp³-hybridized carbons (Fsp3) is 0.467. The quantitative estimate of drug-likeness (QED) is 0.827. The zero-order chi connectivity index (χ0) is 14.5. The molecule has 1 aromatic rings. The van der Waals surface area contributed by atoms with Gasteiger partial charge in [-0.1, -0.05) is 29.8 Å². The van der Waals surface area contributed by atoms with Crippen LogP contribution in [0.2, 0.25) is 0 Å². The summed E-state index contributed by atoms with van der Waals surface area (Å²) in [6.45, 7) is 2.60. The number of carbonyl (C=O) groups is 2. The highest BCUT2D eigenvalue weighted by Gasteiger charge is 2.35. The molecule has 5 heteroatoms. The Kier molecular flexibility index (Phi) is 4.74. The fourth-order valence-electron chi connectivity index (χ4n) is 2.39. The second-order valence-corrected chi connectivity index (χ2v) is 5.08. The van der Waals surface area contributed by atoms with Crippen molar-refractivity contribution < 1.29 is 14.7 Å². The summed E-state index contributed by atoms with van der Waals surface area (Å²) >= 11 is 0. The number of amides is 2. The Morgan fingerprint density at radius 3 is 2.75 bits per heavy atom. The average molecular weight is 276 g/mol. The lowest BCUT2D eigenvalue weighted by Crippen LogP contribution is -2.45. The van der Waals surface area contributed by atoms with Crippen LogP contribution in [0.3, 0.4) is 0 Å². The molecule has 0 saturated carbocycles. The zero-order valence-corrected chi connectivity index (χ0v) is 11.6. The van der Waals surface area contributed by atoms with Gasteiger partial charge in [-0.3, -0.25) is 9.59 Å². The second kappa shape index (κ2) is 6.52. The van der Waals surface area contributed by atoms with Crippen molar-refractivity contribution >= 4 is 11.8 Å². The lowest BCUT2D eigenvalue weighted by atomic mass is 10.1. The monoisotopic (exact) mass is 276 g/mol. The summed E-state index contributed by atoms with van der Waals surface area (Å²) in [6.07, 6.45) is 0.949. The number of rotatable bonds is 5. The third-order valence-electron chi connectivity index (χ3n) is 3.52. The van der Waals surface area contributed by atoms with Gasteiger partial charge in [0.2, 0.25) is 11.8 Å². The summed E-state index contributed by atoms with van der Waals surface area (Å²) < 4.78 is 0. The van der Waals surface area contributed by atoms with Crippen molar-refractivity contribution in [2.45, 2.75) is 32.4 Å². The van der Waals surface area contributed by atoms with Gasteiger partial charge < -0.3 is 15.3 Å². The van der Waals surface area contributed by atoms with E-state index in [1.165, 1.54) is 5.56 Å². The van der Waals surface area contributed by atoms with Gasteiger partial charge >= 0.3 is 0 Å². The van der Waals surface area contributed by atoms with Gasteiger partial charge in [0.15, 0.2) is 0 Å². The first-order valence-corrected chi connectivity index (χ1v) is 6.85. The minimum atomic E-state index is -0.421. The van der Waals surface area contributed by atoms with Crippen molar-refractivity contribution in [1.29, 1.82) is 0 Å². The maximum absolute atomic E-state index is 12.0. The Bertz CT molecular complexity index is 484. The number of hydrogen-bond acceptors (Lipinski definition) is 3. The van der Waals surface area contributed by atoms with Crippen molar-refractivity contribution in [2.75, 3.05) is 13.2 Å². The van der Waals surface area contributed by atoms with Gasteiger partial charge in [0.25, 0.3) is 0 Å². The molecule has 1 fully saturated rings. The highest BCUT2D eigenvalue weighted by molar-refractivity contribution is 5.90. The van der Waals surface area contributed by atoms with E-state index in [0.717, 1.165) is 5.56 Å². The van der Waals surface area contributed by atoms with Crippen molar-refractivity contribution in [3.63, 3.8) is 0 Å². The van der Waals surface area contributed by atoms with Crippen molar-refractivity contribution in [3.05, 3.63) is 35.4 Å². The number of aliphatic hydroxyl groups excluding tert-OH is 1. The third kappa shape index (κ3) is 3.36. The van der Waals surface area contributed by atoms with Crippen LogP contribution in [0.5, 0.6) is 0 Å². The molecular formula is C15H20N2O3. The van der Waals surface area contributed by atoms with E-state index in [4.69, 9.17) is 5.11 Å². The van der Waals surface area contributed by atoms with Gasteiger partial charge in [-0.05, 0) is 18.9 Å². The van der Waals surface area contributed by atoms with E-state index in [1.807, 2.05) is 31.2 Å². The predicted molar refractivity (Wildman–Crippen MR) is 74.8 cm³/mol. The van der Waals surface area contributed by atoms with Crippen molar-refractivity contribution in [1.82, 2.24) is 10.2 Å². The van der Waals surface area contributed by atoms with Crippen LogP contribution < -0.4 is 5.32 Å². The molecule has 2 N–H and O–H groups in total. The SMILES string of the molecule is Cc1ccc(CN2C(=O)CCC2C(=O)NCCO)cc1. The molecule has 108 valence electrons. The van der Waals surface area contributed by atoms with Crippen LogP contribution >= 0.6 is 0 Å². The first-order chi connectivity index (χ1) is 9.61. The molecule has 1 aromatic carbocycles. The molecule has 0 aromatic heterocycles. The number of aryl methyl sites for hydroxylation is 1. The van der Waals surface area contributed by atoms with E-state index in [9.17, 15) is 9.59 Å². The predicted octanol–water partition coefficient (Wildman–Crippen LogP) is 0.595.